The molecule has 4 rings (SSSR count). The number of nitrogens with one attached hydrogen (secondary N) is 6. The maximum atomic E-state index is 12.6. The number of unbranched alkanes of at least 4 members (excludes halogenated alkanes) is 3. The van der Waals surface area contributed by atoms with Crippen LogP contribution in [-0.4, -0.2) is 59.3 Å². The first kappa shape index (κ1) is 33.5. The van der Waals surface area contributed by atoms with Gasteiger partial charge in [-0.3, -0.25) is 49.0 Å². The number of hydrogen-bond acceptors (Lipinski definition) is 8. The van der Waals surface area contributed by atoms with Gasteiger partial charge in [0.15, 0.2) is 0 Å². The normalized spacial score (nSPS) is 17.7. The van der Waals surface area contributed by atoms with Crippen molar-refractivity contribution in [2.75, 3.05) is 10.6 Å². The van der Waals surface area contributed by atoms with E-state index in [2.05, 4.69) is 31.9 Å². The summed E-state index contributed by atoms with van der Waals surface area (Å²) in [6.07, 6.45) is 3.91. The Morgan fingerprint density at radius 2 is 1.02 bits per heavy atom. The minimum atomic E-state index is -0.799. The number of rotatable bonds is 13. The smallest absolute Gasteiger partial charge is 0.252 e. The van der Waals surface area contributed by atoms with Gasteiger partial charge < -0.3 is 21.3 Å². The fourth-order valence-electron chi connectivity index (χ4n) is 4.99. The van der Waals surface area contributed by atoms with E-state index in [4.69, 9.17) is 0 Å². The minimum absolute atomic E-state index is 0.146. The Labute approximate surface area is 264 Å². The Bertz CT molecular complexity index is 1430. The minimum Gasteiger partial charge on any atom is -0.340 e. The summed E-state index contributed by atoms with van der Waals surface area (Å²) in [6.45, 7) is 0. The molecule has 0 aliphatic carbocycles. The van der Waals surface area contributed by atoms with E-state index in [1.807, 2.05) is 0 Å². The molecule has 8 amide bonds. The highest BCUT2D eigenvalue weighted by Gasteiger charge is 2.29. The van der Waals surface area contributed by atoms with E-state index in [1.165, 1.54) is 12.1 Å². The van der Waals surface area contributed by atoms with Crippen LogP contribution in [0.5, 0.6) is 0 Å². The molecule has 2 atom stereocenters. The Morgan fingerprint density at radius 1 is 0.609 bits per heavy atom. The summed E-state index contributed by atoms with van der Waals surface area (Å²) in [6, 6.07) is 11.1. The lowest BCUT2D eigenvalue weighted by atomic mass is 10.1. The zero-order chi connectivity index (χ0) is 33.1. The van der Waals surface area contributed by atoms with Crippen molar-refractivity contribution < 1.29 is 38.4 Å². The fraction of sp³-hybridized carbons (Fsp3) is 0.375. The third kappa shape index (κ3) is 10.1. The maximum Gasteiger partial charge on any atom is 0.252 e. The summed E-state index contributed by atoms with van der Waals surface area (Å²) in [4.78, 5) is 96.4. The molecule has 2 saturated heterocycles. The van der Waals surface area contributed by atoms with E-state index in [0.717, 1.165) is 12.8 Å². The van der Waals surface area contributed by atoms with Crippen LogP contribution in [0, 0.1) is 0 Å². The second-order valence-electron chi connectivity index (χ2n) is 11.1. The van der Waals surface area contributed by atoms with Gasteiger partial charge in [0.2, 0.25) is 35.4 Å². The number of amides is 8. The molecule has 14 nitrogen and oxygen atoms in total. The second kappa shape index (κ2) is 16.1. The number of piperidine rings is 2. The molecule has 2 aromatic carbocycles. The molecule has 2 aliphatic rings. The van der Waals surface area contributed by atoms with Crippen LogP contribution in [0.1, 0.15) is 84.9 Å². The van der Waals surface area contributed by atoms with Crippen LogP contribution in [-0.2, 0) is 28.8 Å². The van der Waals surface area contributed by atoms with Crippen molar-refractivity contribution in [3.63, 3.8) is 0 Å². The summed E-state index contributed by atoms with van der Waals surface area (Å²) in [5.74, 6) is -3.25. The summed E-state index contributed by atoms with van der Waals surface area (Å²) in [5, 5.41) is 15.1. The Morgan fingerprint density at radius 3 is 1.41 bits per heavy atom. The Kier molecular flexibility index (Phi) is 11.7. The molecule has 242 valence electrons. The summed E-state index contributed by atoms with van der Waals surface area (Å²) in [7, 11) is 0. The average Bonchev–Trinajstić information content (AvgIpc) is 3.01. The van der Waals surface area contributed by atoms with Gasteiger partial charge in [-0.15, -0.1) is 0 Å². The van der Waals surface area contributed by atoms with Crippen LogP contribution >= 0.6 is 0 Å². The summed E-state index contributed by atoms with van der Waals surface area (Å²) in [5.41, 5.74) is 1.41. The number of carbonyl (C=O) groups is 8. The highest BCUT2D eigenvalue weighted by atomic mass is 16.2. The third-order valence-corrected chi connectivity index (χ3v) is 7.46. The SMILES string of the molecule is O=C1CCC(NC(=O)c2cccc(NC(=O)CCCCCCC(=O)Nc3cccc(C(=O)NC4CCC(=O)NC4=O)c3)c2)C(=O)N1. The zero-order valence-corrected chi connectivity index (χ0v) is 25.1. The van der Waals surface area contributed by atoms with Gasteiger partial charge in [-0.25, -0.2) is 0 Å². The number of imide groups is 2. The van der Waals surface area contributed by atoms with E-state index >= 15 is 0 Å². The molecular formula is C32H36N6O8. The monoisotopic (exact) mass is 632 g/mol. The quantitative estimate of drug-likeness (QED) is 0.141. The van der Waals surface area contributed by atoms with Gasteiger partial charge in [0.05, 0.1) is 0 Å². The van der Waals surface area contributed by atoms with Crippen LogP contribution in [0.4, 0.5) is 11.4 Å². The largest absolute Gasteiger partial charge is 0.340 e. The first-order valence-electron chi connectivity index (χ1n) is 15.2. The van der Waals surface area contributed by atoms with E-state index < -0.39 is 35.7 Å². The fourth-order valence-corrected chi connectivity index (χ4v) is 4.99. The van der Waals surface area contributed by atoms with E-state index in [1.54, 1.807) is 36.4 Å². The van der Waals surface area contributed by atoms with Crippen LogP contribution in [0.2, 0.25) is 0 Å². The van der Waals surface area contributed by atoms with Gasteiger partial charge in [0, 0.05) is 48.2 Å². The van der Waals surface area contributed by atoms with Crippen LogP contribution in [0.15, 0.2) is 48.5 Å². The van der Waals surface area contributed by atoms with Crippen molar-refractivity contribution in [3.05, 3.63) is 59.7 Å². The highest BCUT2D eigenvalue weighted by Crippen LogP contribution is 2.16. The Hall–Kier alpha value is -5.40. The average molecular weight is 633 g/mol. The molecule has 14 heteroatoms. The Balaban J connectivity index is 1.11. The molecule has 2 aromatic rings. The molecule has 2 aliphatic heterocycles. The first-order valence-corrected chi connectivity index (χ1v) is 15.2. The van der Waals surface area contributed by atoms with Crippen molar-refractivity contribution in [3.8, 4) is 0 Å². The highest BCUT2D eigenvalue weighted by molar-refractivity contribution is 6.05. The van der Waals surface area contributed by atoms with E-state index in [9.17, 15) is 38.4 Å². The summed E-state index contributed by atoms with van der Waals surface area (Å²) >= 11 is 0. The van der Waals surface area contributed by atoms with Gasteiger partial charge in [-0.2, -0.15) is 0 Å². The topological polar surface area (TPSA) is 209 Å². The van der Waals surface area contributed by atoms with Crippen LogP contribution in [0.25, 0.3) is 0 Å². The standard InChI is InChI=1S/C32H36N6O8/c39-25(33-21-9-5-7-19(17-21)29(43)35-23-13-15-27(41)37-31(23)45)11-3-1-2-4-12-26(40)34-22-10-6-8-20(18-22)30(44)36-24-14-16-28(42)38-32(24)46/h5-10,17-18,23-24H,1-4,11-16H2,(H,33,39)(H,34,40)(H,35,43)(H,36,44)(H,37,41,45)(H,38,42,46). The molecule has 2 heterocycles. The van der Waals surface area contributed by atoms with Crippen LogP contribution < -0.4 is 31.9 Å². The van der Waals surface area contributed by atoms with E-state index in [0.29, 0.717) is 24.2 Å². The molecule has 0 aromatic heterocycles. The molecule has 6 N–H and O–H groups in total. The molecule has 2 fully saturated rings. The summed E-state index contributed by atoms with van der Waals surface area (Å²) < 4.78 is 0. The first-order chi connectivity index (χ1) is 22.1. The lowest BCUT2D eigenvalue weighted by Gasteiger charge is -2.21. The molecule has 2 unspecified atom stereocenters. The lowest BCUT2D eigenvalue weighted by Crippen LogP contribution is -2.52. The second-order valence-corrected chi connectivity index (χ2v) is 11.1. The van der Waals surface area contributed by atoms with E-state index in [-0.39, 0.29) is 73.3 Å². The van der Waals surface area contributed by atoms with Crippen molar-refractivity contribution in [2.45, 2.75) is 76.3 Å². The van der Waals surface area contributed by atoms with Gasteiger partial charge in [0.25, 0.3) is 11.8 Å². The predicted molar refractivity (Wildman–Crippen MR) is 165 cm³/mol. The van der Waals surface area contributed by atoms with Gasteiger partial charge in [-0.05, 0) is 62.1 Å². The van der Waals surface area contributed by atoms with Crippen LogP contribution in [0.3, 0.4) is 0 Å². The molecule has 46 heavy (non-hydrogen) atoms. The molecular weight excluding hydrogens is 596 g/mol. The number of carbonyl (C=O) groups excluding carboxylic acids is 8. The van der Waals surface area contributed by atoms with Crippen molar-refractivity contribution in [2.24, 2.45) is 0 Å². The van der Waals surface area contributed by atoms with Gasteiger partial charge in [0.1, 0.15) is 12.1 Å². The van der Waals surface area contributed by atoms with Crippen molar-refractivity contribution in [1.29, 1.82) is 0 Å². The predicted octanol–water partition coefficient (Wildman–Crippen LogP) is 1.67. The van der Waals surface area contributed by atoms with Gasteiger partial charge in [-0.1, -0.05) is 25.0 Å². The van der Waals surface area contributed by atoms with Crippen molar-refractivity contribution in [1.82, 2.24) is 21.3 Å². The number of benzene rings is 2. The van der Waals surface area contributed by atoms with Crippen molar-refractivity contribution >= 4 is 58.6 Å². The zero-order valence-electron chi connectivity index (χ0n) is 25.1. The number of hydrogen-bond donors (Lipinski definition) is 6. The molecule has 0 bridgehead atoms. The third-order valence-electron chi connectivity index (χ3n) is 7.46. The van der Waals surface area contributed by atoms with Gasteiger partial charge >= 0.3 is 0 Å². The molecule has 0 radical (unpaired) electrons. The molecule has 0 saturated carbocycles. The number of anilines is 2. The lowest BCUT2D eigenvalue weighted by molar-refractivity contribution is -0.136. The molecule has 0 spiro atoms. The maximum absolute atomic E-state index is 12.6.